The van der Waals surface area contributed by atoms with Crippen molar-refractivity contribution in [3.8, 4) is 0 Å². The van der Waals surface area contributed by atoms with Crippen molar-refractivity contribution in [2.75, 3.05) is 24.5 Å². The van der Waals surface area contributed by atoms with Crippen molar-refractivity contribution >= 4 is 217 Å². The number of furan rings is 1. The summed E-state index contributed by atoms with van der Waals surface area (Å²) < 4.78 is 6.23. The molecule has 0 fully saturated rings. The number of hydrogen-bond donors (Lipinski definition) is 0. The summed E-state index contributed by atoms with van der Waals surface area (Å²) in [5.74, 6) is 1.99. The van der Waals surface area contributed by atoms with Crippen molar-refractivity contribution in [3.63, 3.8) is 0 Å². The molecule has 18 aromatic carbocycles. The number of fused-ring (bicyclic) bond motifs is 24. The summed E-state index contributed by atoms with van der Waals surface area (Å²) in [4.78, 5) is 43.9. The topological polar surface area (TPSA) is 107 Å². The van der Waals surface area contributed by atoms with E-state index in [1.165, 1.54) is 52.9 Å². The third-order valence-corrected chi connectivity index (χ3v) is 23.6. The fourth-order valence-electron chi connectivity index (χ4n) is 17.2. The number of anilines is 15. The standard InChI is InChI=1S/C40H24N4O.C34H22N4.C28H17N3S/c1-4-12-29-25(9-1)18-21-35-38(29)43(28-19-22-37-32(23-28)31-14-6-8-16-36(31)45-37)34-20-17-26-10-2-5-13-30(26)39(34)44(35)40-41-24-27-11-3-7-15-33(27)42-40;1-2-13-26(14-3-1)37-30-20-18-24-11-5-8-16-28(24)33(30)38(34-35-22-25-12-6-9-17-29(25)36-34)31-21-19-23-10-4-7-15-27(23)32(31)37;1-4-10-21-18(7-1)14-16-25-26(21)31(28-29-17-20-9-3-6-12-23(20)30-28)24-15-13-19-8-2-5-11-22(19)27(24)32-25/h1-24H;1-22H;1-17H. The first-order valence-electron chi connectivity index (χ1n) is 38.5. The third-order valence-electron chi connectivity index (χ3n) is 22.4. The van der Waals surface area contributed by atoms with Crippen molar-refractivity contribution in [2.45, 2.75) is 9.79 Å². The molecule has 7 heterocycles. The first-order valence-corrected chi connectivity index (χ1v) is 39.3. The van der Waals surface area contributed by atoms with E-state index in [-0.39, 0.29) is 0 Å². The summed E-state index contributed by atoms with van der Waals surface area (Å²) >= 11 is 1.83. The Hall–Kier alpha value is -15.3. The molecular formula is C102H63N11OS. The number of benzene rings is 18. The highest BCUT2D eigenvalue weighted by Crippen LogP contribution is 2.61. The van der Waals surface area contributed by atoms with Crippen LogP contribution in [0.4, 0.5) is 86.1 Å². The fraction of sp³-hybridized carbons (Fsp3) is 0. The van der Waals surface area contributed by atoms with Crippen LogP contribution in [0.25, 0.3) is 119 Å². The first kappa shape index (κ1) is 65.6. The summed E-state index contributed by atoms with van der Waals surface area (Å²) in [5.41, 5.74) is 17.5. The molecule has 3 aliphatic heterocycles. The van der Waals surface area contributed by atoms with Crippen LogP contribution in [0.2, 0.25) is 0 Å². The maximum Gasteiger partial charge on any atom is 0.235 e. The van der Waals surface area contributed by atoms with Gasteiger partial charge in [0.25, 0.3) is 0 Å². The second kappa shape index (κ2) is 26.7. The molecule has 22 aromatic rings. The van der Waals surface area contributed by atoms with Crippen LogP contribution < -0.4 is 24.5 Å². The van der Waals surface area contributed by atoms with E-state index in [2.05, 4.69) is 322 Å². The lowest BCUT2D eigenvalue weighted by Gasteiger charge is -2.40. The summed E-state index contributed by atoms with van der Waals surface area (Å²) in [5, 5.41) is 19.5. The summed E-state index contributed by atoms with van der Waals surface area (Å²) in [6.45, 7) is 0. The molecule has 0 amide bonds. The van der Waals surface area contributed by atoms with Crippen LogP contribution in [0.1, 0.15) is 0 Å². The smallest absolute Gasteiger partial charge is 0.235 e. The number of hydrogen-bond acceptors (Lipinski definition) is 13. The fourth-order valence-corrected chi connectivity index (χ4v) is 18.4. The Morgan fingerprint density at radius 2 is 0.539 bits per heavy atom. The second-order valence-electron chi connectivity index (χ2n) is 29.0. The second-order valence-corrected chi connectivity index (χ2v) is 30.0. The van der Waals surface area contributed by atoms with Crippen LogP contribution >= 0.6 is 11.8 Å². The van der Waals surface area contributed by atoms with E-state index in [0.717, 1.165) is 144 Å². The van der Waals surface area contributed by atoms with Gasteiger partial charge in [-0.2, -0.15) is 0 Å². The molecule has 538 valence electrons. The minimum absolute atomic E-state index is 0.638. The molecule has 25 rings (SSSR count). The van der Waals surface area contributed by atoms with Gasteiger partial charge in [-0.3, -0.25) is 14.7 Å². The van der Waals surface area contributed by atoms with E-state index in [0.29, 0.717) is 17.8 Å². The van der Waals surface area contributed by atoms with E-state index in [1.54, 1.807) is 0 Å². The van der Waals surface area contributed by atoms with Gasteiger partial charge in [-0.15, -0.1) is 0 Å². The zero-order valence-corrected chi connectivity index (χ0v) is 62.4. The molecule has 0 spiro atoms. The Bertz CT molecular complexity index is 7750. The maximum absolute atomic E-state index is 6.23. The van der Waals surface area contributed by atoms with E-state index < -0.39 is 0 Å². The molecule has 12 nitrogen and oxygen atoms in total. The molecule has 0 unspecified atom stereocenters. The van der Waals surface area contributed by atoms with Crippen LogP contribution in [0.15, 0.2) is 397 Å². The van der Waals surface area contributed by atoms with E-state index in [4.69, 9.17) is 34.3 Å². The van der Waals surface area contributed by atoms with Gasteiger partial charge < -0.3 is 14.2 Å². The molecule has 4 aromatic heterocycles. The van der Waals surface area contributed by atoms with Crippen LogP contribution in [0.5, 0.6) is 0 Å². The molecule has 0 aliphatic carbocycles. The Morgan fingerprint density at radius 3 is 1.00 bits per heavy atom. The number of rotatable bonds is 5. The average Bonchev–Trinajstić information content (AvgIpc) is 0.907. The lowest BCUT2D eigenvalue weighted by Crippen LogP contribution is -2.25. The lowest BCUT2D eigenvalue weighted by molar-refractivity contribution is 0.669. The normalized spacial score (nSPS) is 12.7. The van der Waals surface area contributed by atoms with Gasteiger partial charge in [0.2, 0.25) is 17.8 Å². The largest absolute Gasteiger partial charge is 0.456 e. The van der Waals surface area contributed by atoms with Gasteiger partial charge in [0, 0.05) is 93.6 Å². The summed E-state index contributed by atoms with van der Waals surface area (Å²) in [6, 6.07) is 128. The molecule has 0 radical (unpaired) electrons. The molecule has 0 saturated heterocycles. The van der Waals surface area contributed by atoms with Crippen molar-refractivity contribution in [1.29, 1.82) is 0 Å². The highest BCUT2D eigenvalue weighted by Gasteiger charge is 2.38. The molecule has 0 atom stereocenters. The Kier molecular flexibility index (Phi) is 15.2. The van der Waals surface area contributed by atoms with Crippen molar-refractivity contribution in [1.82, 2.24) is 29.9 Å². The maximum atomic E-state index is 6.23. The Balaban J connectivity index is 0.000000104. The van der Waals surface area contributed by atoms with Crippen LogP contribution in [0.3, 0.4) is 0 Å². The highest BCUT2D eigenvalue weighted by molar-refractivity contribution is 8.00. The quantitative estimate of drug-likeness (QED) is 0.163. The van der Waals surface area contributed by atoms with Crippen molar-refractivity contribution < 1.29 is 4.42 Å². The van der Waals surface area contributed by atoms with Crippen LogP contribution in [-0.4, -0.2) is 29.9 Å². The van der Waals surface area contributed by atoms with Crippen molar-refractivity contribution in [2.24, 2.45) is 0 Å². The minimum atomic E-state index is 0.638. The molecular weight excluding hydrogens is 1430 g/mol. The number of para-hydroxylation sites is 5. The van der Waals surface area contributed by atoms with Gasteiger partial charge >= 0.3 is 0 Å². The van der Waals surface area contributed by atoms with Crippen LogP contribution in [0, 0.1) is 0 Å². The SMILES string of the molecule is c1ccc(N2c3ccc4ccccc4c3N(c3ncc4ccccc4n3)c3ccc4ccccc4c32)cc1.c1ccc2nc(N3c4ccc5ccccc5c4N(c4ccc5oc6ccccc6c5c4)c4ccc5ccccc5c43)ncc2c1.c1ccc2nc(N3c4ccc5ccccc5c4Sc4ccc5ccccc5c43)ncc2c1. The lowest BCUT2D eigenvalue weighted by atomic mass is 9.97. The average molecular weight is 1490 g/mol. The first-order chi connectivity index (χ1) is 57.0. The van der Waals surface area contributed by atoms with Gasteiger partial charge in [-0.1, -0.05) is 285 Å². The molecule has 0 saturated carbocycles. The summed E-state index contributed by atoms with van der Waals surface area (Å²) in [6.07, 6.45) is 5.77. The number of nitrogens with zero attached hydrogens (tertiary/aromatic N) is 11. The van der Waals surface area contributed by atoms with Crippen molar-refractivity contribution in [3.05, 3.63) is 383 Å². The van der Waals surface area contributed by atoms with E-state index in [1.807, 2.05) is 97.1 Å². The predicted octanol–water partition coefficient (Wildman–Crippen LogP) is 28.1. The van der Waals surface area contributed by atoms with Crippen LogP contribution in [-0.2, 0) is 0 Å². The molecule has 13 heteroatoms. The van der Waals surface area contributed by atoms with Gasteiger partial charge in [0.1, 0.15) is 11.2 Å². The zero-order chi connectivity index (χ0) is 75.6. The monoisotopic (exact) mass is 1490 g/mol. The van der Waals surface area contributed by atoms with Gasteiger partial charge in [0.05, 0.1) is 73.4 Å². The van der Waals surface area contributed by atoms with E-state index in [9.17, 15) is 0 Å². The zero-order valence-electron chi connectivity index (χ0n) is 61.6. The molecule has 3 aliphatic rings. The number of aromatic nitrogens is 6. The Labute approximate surface area is 664 Å². The Morgan fingerprint density at radius 1 is 0.217 bits per heavy atom. The third kappa shape index (κ3) is 10.8. The van der Waals surface area contributed by atoms with E-state index >= 15 is 0 Å². The summed E-state index contributed by atoms with van der Waals surface area (Å²) in [7, 11) is 0. The van der Waals surface area contributed by atoms with Gasteiger partial charge in [0.15, 0.2) is 0 Å². The predicted molar refractivity (Wildman–Crippen MR) is 476 cm³/mol. The van der Waals surface area contributed by atoms with Gasteiger partial charge in [-0.05, 0) is 129 Å². The highest BCUT2D eigenvalue weighted by atomic mass is 32.2. The minimum Gasteiger partial charge on any atom is -0.456 e. The molecule has 115 heavy (non-hydrogen) atoms. The molecule has 0 bridgehead atoms. The van der Waals surface area contributed by atoms with Gasteiger partial charge in [-0.25, -0.2) is 29.9 Å². The molecule has 0 N–H and O–H groups in total.